The number of hydrogen-bond donors (Lipinski definition) is 2. The number of nitrogen functional groups attached to an aromatic ring is 1. The lowest BCUT2D eigenvalue weighted by Gasteiger charge is -2.07. The van der Waals surface area contributed by atoms with Crippen molar-refractivity contribution in [1.29, 1.82) is 0 Å². The molecule has 1 aliphatic rings. The summed E-state index contributed by atoms with van der Waals surface area (Å²) in [6.45, 7) is 2.72. The van der Waals surface area contributed by atoms with E-state index in [1.807, 2.05) is 19.1 Å². The maximum Gasteiger partial charge on any atom is 0.253 e. The smallest absolute Gasteiger partial charge is 0.253 e. The molecule has 0 unspecified atom stereocenters. The van der Waals surface area contributed by atoms with Gasteiger partial charge in [-0.3, -0.25) is 4.79 Å². The van der Waals surface area contributed by atoms with Crippen molar-refractivity contribution in [2.75, 3.05) is 12.3 Å². The number of carbonyl (C=O) groups is 1. The van der Waals surface area contributed by atoms with Crippen molar-refractivity contribution in [3.8, 4) is 0 Å². The number of nitrogens with one attached hydrogen (secondary N) is 1. The maximum atomic E-state index is 11.8. The lowest BCUT2D eigenvalue weighted by atomic mass is 10.1. The summed E-state index contributed by atoms with van der Waals surface area (Å²) >= 11 is 0. The van der Waals surface area contributed by atoms with Crippen LogP contribution in [0.4, 0.5) is 5.69 Å². The van der Waals surface area contributed by atoms with Crippen LogP contribution in [-0.4, -0.2) is 12.5 Å². The van der Waals surface area contributed by atoms with Crippen LogP contribution >= 0.6 is 0 Å². The summed E-state index contributed by atoms with van der Waals surface area (Å²) in [4.78, 5) is 11.8. The first-order chi connectivity index (χ1) is 7.66. The minimum absolute atomic E-state index is 0.0573. The average Bonchev–Trinajstić information content (AvgIpc) is 3.01. The largest absolute Gasteiger partial charge is 0.398 e. The third-order valence-electron chi connectivity index (χ3n) is 2.99. The summed E-state index contributed by atoms with van der Waals surface area (Å²) in [5.74, 6) is 0.786. The molecule has 1 amide bonds. The van der Waals surface area contributed by atoms with Crippen molar-refractivity contribution in [3.63, 3.8) is 0 Å². The van der Waals surface area contributed by atoms with Crippen LogP contribution in [0.15, 0.2) is 18.2 Å². The van der Waals surface area contributed by atoms with Gasteiger partial charge in [-0.05, 0) is 37.0 Å². The first-order valence-electron chi connectivity index (χ1n) is 5.81. The molecule has 1 aromatic carbocycles. The van der Waals surface area contributed by atoms with Gasteiger partial charge in [0.05, 0.1) is 5.56 Å². The lowest BCUT2D eigenvalue weighted by molar-refractivity contribution is 0.0953. The number of anilines is 1. The zero-order valence-corrected chi connectivity index (χ0v) is 9.62. The summed E-state index contributed by atoms with van der Waals surface area (Å²) in [7, 11) is 0. The Labute approximate surface area is 96.0 Å². The summed E-state index contributed by atoms with van der Waals surface area (Å²) in [5.41, 5.74) is 8.03. The van der Waals surface area contributed by atoms with Gasteiger partial charge in [-0.1, -0.05) is 18.9 Å². The van der Waals surface area contributed by atoms with E-state index in [1.54, 1.807) is 6.07 Å². The minimum atomic E-state index is -0.0573. The highest BCUT2D eigenvalue weighted by Gasteiger charge is 2.20. The molecule has 3 N–H and O–H groups in total. The molecule has 2 rings (SSSR count). The van der Waals surface area contributed by atoms with Gasteiger partial charge in [0.1, 0.15) is 0 Å². The minimum Gasteiger partial charge on any atom is -0.398 e. The second-order valence-corrected chi connectivity index (χ2v) is 4.58. The Balaban J connectivity index is 1.91. The fourth-order valence-electron chi connectivity index (χ4n) is 1.78. The molecule has 0 aromatic heterocycles. The van der Waals surface area contributed by atoms with Crippen molar-refractivity contribution in [1.82, 2.24) is 5.32 Å². The predicted octanol–water partition coefficient (Wildman–Crippen LogP) is 2.11. The second kappa shape index (κ2) is 4.56. The third-order valence-corrected chi connectivity index (χ3v) is 2.99. The van der Waals surface area contributed by atoms with Crippen molar-refractivity contribution in [2.45, 2.75) is 26.2 Å². The number of amides is 1. The molecule has 1 aromatic rings. The van der Waals surface area contributed by atoms with Gasteiger partial charge in [-0.25, -0.2) is 0 Å². The van der Waals surface area contributed by atoms with Gasteiger partial charge in [0.15, 0.2) is 0 Å². The number of rotatable bonds is 4. The number of carbonyl (C=O) groups excluding carboxylic acids is 1. The van der Waals surface area contributed by atoms with Crippen LogP contribution in [0.3, 0.4) is 0 Å². The molecule has 0 atom stereocenters. The van der Waals surface area contributed by atoms with E-state index in [2.05, 4.69) is 5.32 Å². The number of benzene rings is 1. The molecule has 0 spiro atoms. The zero-order chi connectivity index (χ0) is 11.5. The average molecular weight is 218 g/mol. The molecule has 0 saturated heterocycles. The fraction of sp³-hybridized carbons (Fsp3) is 0.462. The van der Waals surface area contributed by atoms with Crippen molar-refractivity contribution < 1.29 is 4.79 Å². The van der Waals surface area contributed by atoms with E-state index in [1.165, 1.54) is 12.8 Å². The first kappa shape index (κ1) is 11.0. The monoisotopic (exact) mass is 218 g/mol. The highest BCUT2D eigenvalue weighted by atomic mass is 16.1. The Hall–Kier alpha value is -1.51. The first-order valence-corrected chi connectivity index (χ1v) is 5.81. The Morgan fingerprint density at radius 1 is 1.50 bits per heavy atom. The highest BCUT2D eigenvalue weighted by molar-refractivity contribution is 5.99. The molecule has 1 saturated carbocycles. The van der Waals surface area contributed by atoms with Crippen LogP contribution in [0.2, 0.25) is 0 Å². The second-order valence-electron chi connectivity index (χ2n) is 4.58. The van der Waals surface area contributed by atoms with E-state index >= 15 is 0 Å². The van der Waals surface area contributed by atoms with Crippen LogP contribution in [0.25, 0.3) is 0 Å². The Bertz CT molecular complexity index is 397. The third kappa shape index (κ3) is 2.75. The highest BCUT2D eigenvalue weighted by Crippen LogP contribution is 2.31. The van der Waals surface area contributed by atoms with E-state index < -0.39 is 0 Å². The molecular weight excluding hydrogens is 200 g/mol. The lowest BCUT2D eigenvalue weighted by Crippen LogP contribution is -2.25. The SMILES string of the molecule is Cc1ccc(C(=O)NCCC2CC2)c(N)c1. The van der Waals surface area contributed by atoms with Gasteiger partial charge >= 0.3 is 0 Å². The number of nitrogens with two attached hydrogens (primary N) is 1. The van der Waals surface area contributed by atoms with E-state index in [0.29, 0.717) is 11.3 Å². The molecule has 0 bridgehead atoms. The maximum absolute atomic E-state index is 11.8. The Kier molecular flexibility index (Phi) is 3.13. The molecule has 86 valence electrons. The molecule has 16 heavy (non-hydrogen) atoms. The summed E-state index contributed by atoms with van der Waals surface area (Å²) in [6, 6.07) is 5.53. The number of hydrogen-bond acceptors (Lipinski definition) is 2. The standard InChI is InChI=1S/C13H18N2O/c1-9-2-5-11(12(14)8-9)13(16)15-7-6-10-3-4-10/h2,5,8,10H,3-4,6-7,14H2,1H3,(H,15,16). The van der Waals surface area contributed by atoms with Crippen LogP contribution in [0.5, 0.6) is 0 Å². The van der Waals surface area contributed by atoms with Gasteiger partial charge in [-0.2, -0.15) is 0 Å². The molecule has 3 nitrogen and oxygen atoms in total. The summed E-state index contributed by atoms with van der Waals surface area (Å²) in [5, 5.41) is 2.91. The number of aryl methyl sites for hydroxylation is 1. The Morgan fingerprint density at radius 3 is 2.88 bits per heavy atom. The van der Waals surface area contributed by atoms with E-state index in [-0.39, 0.29) is 5.91 Å². The van der Waals surface area contributed by atoms with Crippen LogP contribution in [0.1, 0.15) is 35.2 Å². The normalized spacial score (nSPS) is 14.8. The summed E-state index contributed by atoms with van der Waals surface area (Å²) in [6.07, 6.45) is 3.74. The summed E-state index contributed by atoms with van der Waals surface area (Å²) < 4.78 is 0. The molecule has 0 aliphatic heterocycles. The van der Waals surface area contributed by atoms with Crippen LogP contribution in [0, 0.1) is 12.8 Å². The van der Waals surface area contributed by atoms with Crippen LogP contribution in [-0.2, 0) is 0 Å². The quantitative estimate of drug-likeness (QED) is 0.760. The predicted molar refractivity (Wildman–Crippen MR) is 65.3 cm³/mol. The topological polar surface area (TPSA) is 55.1 Å². The van der Waals surface area contributed by atoms with Crippen LogP contribution < -0.4 is 11.1 Å². The van der Waals surface area contributed by atoms with E-state index in [0.717, 1.165) is 24.4 Å². The molecular formula is C13H18N2O. The van der Waals surface area contributed by atoms with E-state index in [4.69, 9.17) is 5.73 Å². The zero-order valence-electron chi connectivity index (χ0n) is 9.62. The van der Waals surface area contributed by atoms with Gasteiger partial charge < -0.3 is 11.1 Å². The Morgan fingerprint density at radius 2 is 2.25 bits per heavy atom. The van der Waals surface area contributed by atoms with Crippen molar-refractivity contribution in [2.24, 2.45) is 5.92 Å². The van der Waals surface area contributed by atoms with Gasteiger partial charge in [0, 0.05) is 12.2 Å². The van der Waals surface area contributed by atoms with Gasteiger partial charge in [0.2, 0.25) is 0 Å². The van der Waals surface area contributed by atoms with Gasteiger partial charge in [-0.15, -0.1) is 0 Å². The van der Waals surface area contributed by atoms with Crippen molar-refractivity contribution in [3.05, 3.63) is 29.3 Å². The molecule has 3 heteroatoms. The molecule has 0 heterocycles. The van der Waals surface area contributed by atoms with E-state index in [9.17, 15) is 4.79 Å². The van der Waals surface area contributed by atoms with Gasteiger partial charge in [0.25, 0.3) is 5.91 Å². The molecule has 0 radical (unpaired) electrons. The molecule has 1 aliphatic carbocycles. The molecule has 1 fully saturated rings. The van der Waals surface area contributed by atoms with Crippen molar-refractivity contribution >= 4 is 11.6 Å². The fourth-order valence-corrected chi connectivity index (χ4v) is 1.78.